The van der Waals surface area contributed by atoms with Gasteiger partial charge in [-0.15, -0.1) is 6.58 Å². The topological polar surface area (TPSA) is 29.1 Å². The summed E-state index contributed by atoms with van der Waals surface area (Å²) in [7, 11) is 0. The number of hydrogen-bond donors (Lipinski definition) is 1. The van der Waals surface area contributed by atoms with Gasteiger partial charge in [-0.25, -0.2) is 0 Å². The van der Waals surface area contributed by atoms with Gasteiger partial charge in [0.1, 0.15) is 0 Å². The zero-order valence-corrected chi connectivity index (χ0v) is 11.0. The van der Waals surface area contributed by atoms with E-state index in [-0.39, 0.29) is 17.7 Å². The first-order chi connectivity index (χ1) is 8.06. The molecule has 0 saturated heterocycles. The summed E-state index contributed by atoms with van der Waals surface area (Å²) in [5, 5.41) is 3.52. The predicted octanol–water partition coefficient (Wildman–Crippen LogP) is 3.38. The lowest BCUT2D eigenvalue weighted by molar-refractivity contribution is -0.123. The van der Waals surface area contributed by atoms with Crippen LogP contribution in [0.2, 0.25) is 5.02 Å². The van der Waals surface area contributed by atoms with E-state index in [0.717, 1.165) is 5.56 Å². The van der Waals surface area contributed by atoms with Gasteiger partial charge in [0.15, 0.2) is 0 Å². The Morgan fingerprint density at radius 1 is 1.41 bits per heavy atom. The zero-order valence-electron chi connectivity index (χ0n) is 10.2. The van der Waals surface area contributed by atoms with Gasteiger partial charge >= 0.3 is 0 Å². The molecule has 1 aromatic rings. The van der Waals surface area contributed by atoms with Gasteiger partial charge in [0.05, 0.1) is 5.92 Å². The van der Waals surface area contributed by atoms with Crippen LogP contribution in [-0.4, -0.2) is 12.5 Å². The van der Waals surface area contributed by atoms with Gasteiger partial charge in [-0.2, -0.15) is 0 Å². The molecule has 1 unspecified atom stereocenters. The van der Waals surface area contributed by atoms with Gasteiger partial charge in [-0.05, 0) is 23.6 Å². The molecule has 0 spiro atoms. The Morgan fingerprint density at radius 3 is 2.47 bits per heavy atom. The third-order valence-electron chi connectivity index (χ3n) is 2.60. The summed E-state index contributed by atoms with van der Waals surface area (Å²) >= 11 is 5.85. The normalized spacial score (nSPS) is 12.2. The van der Waals surface area contributed by atoms with Gasteiger partial charge in [0.2, 0.25) is 5.91 Å². The summed E-state index contributed by atoms with van der Waals surface area (Å²) in [6.07, 6.45) is 1.68. The smallest absolute Gasteiger partial charge is 0.228 e. The van der Waals surface area contributed by atoms with Gasteiger partial charge in [-0.3, -0.25) is 4.79 Å². The highest BCUT2D eigenvalue weighted by molar-refractivity contribution is 6.30. The minimum absolute atomic E-state index is 0.0298. The average Bonchev–Trinajstić information content (AvgIpc) is 2.29. The maximum absolute atomic E-state index is 12.0. The average molecular weight is 252 g/mol. The molecule has 0 aromatic heterocycles. The van der Waals surface area contributed by atoms with Crippen LogP contribution in [0.1, 0.15) is 25.3 Å². The van der Waals surface area contributed by atoms with Crippen LogP contribution in [0, 0.1) is 5.92 Å². The lowest BCUT2D eigenvalue weighted by atomic mass is 9.87. The quantitative estimate of drug-likeness (QED) is 0.799. The highest BCUT2D eigenvalue weighted by Gasteiger charge is 2.23. The van der Waals surface area contributed by atoms with Crippen molar-refractivity contribution in [3.05, 3.63) is 47.5 Å². The van der Waals surface area contributed by atoms with Crippen molar-refractivity contribution in [1.82, 2.24) is 5.32 Å². The summed E-state index contributed by atoms with van der Waals surface area (Å²) in [6, 6.07) is 7.43. The summed E-state index contributed by atoms with van der Waals surface area (Å²) in [4.78, 5) is 12.0. The molecule has 1 N–H and O–H groups in total. The summed E-state index contributed by atoms with van der Waals surface area (Å²) < 4.78 is 0. The molecule has 1 amide bonds. The van der Waals surface area contributed by atoms with E-state index >= 15 is 0 Å². The van der Waals surface area contributed by atoms with Crippen LogP contribution >= 0.6 is 11.6 Å². The van der Waals surface area contributed by atoms with Crippen molar-refractivity contribution >= 4 is 17.5 Å². The maximum Gasteiger partial charge on any atom is 0.228 e. The third-order valence-corrected chi connectivity index (χ3v) is 2.85. The van der Waals surface area contributed by atoms with Crippen LogP contribution in [0.3, 0.4) is 0 Å². The van der Waals surface area contributed by atoms with E-state index in [9.17, 15) is 4.79 Å². The first-order valence-electron chi connectivity index (χ1n) is 5.70. The second kappa shape index (κ2) is 6.45. The van der Waals surface area contributed by atoms with Crippen LogP contribution in [-0.2, 0) is 4.79 Å². The molecule has 3 heteroatoms. The fraction of sp³-hybridized carbons (Fsp3) is 0.357. The summed E-state index contributed by atoms with van der Waals surface area (Å²) in [5.41, 5.74) is 0.992. The van der Waals surface area contributed by atoms with Crippen LogP contribution in [0.4, 0.5) is 0 Å². The van der Waals surface area contributed by atoms with E-state index in [1.165, 1.54) is 0 Å². The second-order valence-electron chi connectivity index (χ2n) is 4.31. The molecule has 1 rings (SSSR count). The number of carbonyl (C=O) groups is 1. The number of benzene rings is 1. The Hall–Kier alpha value is -1.28. The van der Waals surface area contributed by atoms with Gasteiger partial charge < -0.3 is 5.32 Å². The first kappa shape index (κ1) is 13.8. The molecule has 0 aliphatic rings. The van der Waals surface area contributed by atoms with Crippen molar-refractivity contribution in [1.29, 1.82) is 0 Å². The number of carbonyl (C=O) groups excluding carboxylic acids is 1. The highest BCUT2D eigenvalue weighted by Crippen LogP contribution is 2.25. The third kappa shape index (κ3) is 3.90. The van der Waals surface area contributed by atoms with E-state index < -0.39 is 0 Å². The Balaban J connectivity index is 2.89. The van der Waals surface area contributed by atoms with Gasteiger partial charge in [0.25, 0.3) is 0 Å². The summed E-state index contributed by atoms with van der Waals surface area (Å²) in [5.74, 6) is 0.121. The fourth-order valence-electron chi connectivity index (χ4n) is 1.79. The van der Waals surface area contributed by atoms with Gasteiger partial charge in [-0.1, -0.05) is 43.7 Å². The standard InChI is InChI=1S/C14H18ClNO/c1-4-9-16-14(17)13(10(2)3)11-5-7-12(15)8-6-11/h4-8,10,13H,1,9H2,2-3H3,(H,16,17). The van der Waals surface area contributed by atoms with Crippen LogP contribution in [0.15, 0.2) is 36.9 Å². The zero-order chi connectivity index (χ0) is 12.8. The SMILES string of the molecule is C=CCNC(=O)C(c1ccc(Cl)cc1)C(C)C. The van der Waals surface area contributed by atoms with Crippen LogP contribution in [0.5, 0.6) is 0 Å². The maximum atomic E-state index is 12.0. The van der Waals surface area contributed by atoms with Crippen molar-refractivity contribution in [2.45, 2.75) is 19.8 Å². The fourth-order valence-corrected chi connectivity index (χ4v) is 1.92. The van der Waals surface area contributed by atoms with Crippen molar-refractivity contribution in [3.63, 3.8) is 0 Å². The lowest BCUT2D eigenvalue weighted by Crippen LogP contribution is -2.32. The molecule has 92 valence electrons. The molecule has 2 nitrogen and oxygen atoms in total. The van der Waals surface area contributed by atoms with E-state index in [1.807, 2.05) is 38.1 Å². The van der Waals surface area contributed by atoms with E-state index in [0.29, 0.717) is 11.6 Å². The van der Waals surface area contributed by atoms with Crippen molar-refractivity contribution in [3.8, 4) is 0 Å². The molecule has 0 fully saturated rings. The molecule has 0 aliphatic carbocycles. The molecular weight excluding hydrogens is 234 g/mol. The molecule has 1 atom stereocenters. The molecule has 0 heterocycles. The number of hydrogen-bond acceptors (Lipinski definition) is 1. The molecule has 0 aliphatic heterocycles. The lowest BCUT2D eigenvalue weighted by Gasteiger charge is -2.20. The van der Waals surface area contributed by atoms with Crippen molar-refractivity contribution < 1.29 is 4.79 Å². The molecular formula is C14H18ClNO. The minimum Gasteiger partial charge on any atom is -0.352 e. The monoisotopic (exact) mass is 251 g/mol. The van der Waals surface area contributed by atoms with E-state index in [2.05, 4.69) is 11.9 Å². The number of halogens is 1. The first-order valence-corrected chi connectivity index (χ1v) is 6.08. The van der Waals surface area contributed by atoms with E-state index in [4.69, 9.17) is 11.6 Å². The molecule has 0 bridgehead atoms. The largest absolute Gasteiger partial charge is 0.352 e. The second-order valence-corrected chi connectivity index (χ2v) is 4.74. The van der Waals surface area contributed by atoms with Crippen molar-refractivity contribution in [2.75, 3.05) is 6.54 Å². The number of amides is 1. The highest BCUT2D eigenvalue weighted by atomic mass is 35.5. The number of nitrogens with one attached hydrogen (secondary N) is 1. The molecule has 0 radical (unpaired) electrons. The Labute approximate surface area is 108 Å². The number of rotatable bonds is 5. The minimum atomic E-state index is -0.146. The Bertz CT molecular complexity index is 384. The van der Waals surface area contributed by atoms with E-state index in [1.54, 1.807) is 6.08 Å². The molecule has 1 aromatic carbocycles. The van der Waals surface area contributed by atoms with Crippen LogP contribution < -0.4 is 5.32 Å². The predicted molar refractivity (Wildman–Crippen MR) is 72.2 cm³/mol. The molecule has 0 saturated carbocycles. The van der Waals surface area contributed by atoms with Crippen molar-refractivity contribution in [2.24, 2.45) is 5.92 Å². The van der Waals surface area contributed by atoms with Crippen LogP contribution in [0.25, 0.3) is 0 Å². The molecule has 17 heavy (non-hydrogen) atoms. The summed E-state index contributed by atoms with van der Waals surface area (Å²) in [6.45, 7) is 8.15. The Morgan fingerprint density at radius 2 is 2.00 bits per heavy atom. The van der Waals surface area contributed by atoms with Gasteiger partial charge in [0, 0.05) is 11.6 Å². The Kier molecular flexibility index (Phi) is 5.23.